The van der Waals surface area contributed by atoms with Crippen LogP contribution >= 0.6 is 0 Å². The molecule has 1 saturated heterocycles. The smallest absolute Gasteiger partial charge is 0.326 e. The number of ether oxygens (including phenoxy) is 1. The molecule has 3 nitrogen and oxygen atoms in total. The van der Waals surface area contributed by atoms with E-state index in [-0.39, 0.29) is 11.5 Å². The standard InChI is InChI=1S/C15H27NO2/c1-3-18-14(17)15(10-6-5-9-13(15)2)16-11-7-4-8-12-16/h13H,3-12H2,1-2H3. The van der Waals surface area contributed by atoms with Crippen molar-refractivity contribution in [3.63, 3.8) is 0 Å². The summed E-state index contributed by atoms with van der Waals surface area (Å²) >= 11 is 0. The Balaban J connectivity index is 2.22. The normalized spacial score (nSPS) is 34.2. The van der Waals surface area contributed by atoms with Crippen molar-refractivity contribution >= 4 is 5.97 Å². The topological polar surface area (TPSA) is 29.5 Å². The van der Waals surface area contributed by atoms with E-state index < -0.39 is 0 Å². The number of hydrogen-bond donors (Lipinski definition) is 0. The number of carbonyl (C=O) groups is 1. The van der Waals surface area contributed by atoms with E-state index in [9.17, 15) is 4.79 Å². The fraction of sp³-hybridized carbons (Fsp3) is 0.933. The Morgan fingerprint density at radius 3 is 2.56 bits per heavy atom. The van der Waals surface area contributed by atoms with Crippen LogP contribution in [-0.4, -0.2) is 36.1 Å². The Morgan fingerprint density at radius 1 is 1.22 bits per heavy atom. The van der Waals surface area contributed by atoms with Crippen LogP contribution in [0.4, 0.5) is 0 Å². The minimum atomic E-state index is -0.311. The first-order valence-electron chi connectivity index (χ1n) is 7.64. The Hall–Kier alpha value is -0.570. The molecule has 1 aliphatic carbocycles. The Morgan fingerprint density at radius 2 is 1.94 bits per heavy atom. The second-order valence-electron chi connectivity index (χ2n) is 5.84. The predicted octanol–water partition coefficient (Wildman–Crippen LogP) is 2.98. The molecule has 0 bridgehead atoms. The van der Waals surface area contributed by atoms with Gasteiger partial charge in [0.2, 0.25) is 0 Å². The van der Waals surface area contributed by atoms with Gasteiger partial charge >= 0.3 is 5.97 Å². The van der Waals surface area contributed by atoms with E-state index in [1.165, 1.54) is 32.1 Å². The van der Waals surface area contributed by atoms with Crippen molar-refractivity contribution in [2.45, 2.75) is 64.3 Å². The molecule has 0 aromatic rings. The number of hydrogen-bond acceptors (Lipinski definition) is 3. The summed E-state index contributed by atoms with van der Waals surface area (Å²) in [5.41, 5.74) is -0.311. The van der Waals surface area contributed by atoms with E-state index in [0.29, 0.717) is 12.5 Å². The molecule has 0 radical (unpaired) electrons. The fourth-order valence-corrected chi connectivity index (χ4v) is 3.78. The van der Waals surface area contributed by atoms with Gasteiger partial charge in [0.05, 0.1) is 6.61 Å². The third-order valence-electron chi connectivity index (χ3n) is 4.81. The van der Waals surface area contributed by atoms with Crippen molar-refractivity contribution in [2.75, 3.05) is 19.7 Å². The van der Waals surface area contributed by atoms with Gasteiger partial charge in [-0.25, -0.2) is 0 Å². The molecule has 0 N–H and O–H groups in total. The van der Waals surface area contributed by atoms with Gasteiger partial charge in [-0.1, -0.05) is 26.2 Å². The van der Waals surface area contributed by atoms with Crippen molar-refractivity contribution in [2.24, 2.45) is 5.92 Å². The lowest BCUT2D eigenvalue weighted by atomic mass is 9.71. The van der Waals surface area contributed by atoms with Crippen molar-refractivity contribution in [1.29, 1.82) is 0 Å². The molecule has 2 aliphatic rings. The van der Waals surface area contributed by atoms with Crippen LogP contribution in [-0.2, 0) is 9.53 Å². The zero-order valence-corrected chi connectivity index (χ0v) is 11.9. The minimum Gasteiger partial charge on any atom is -0.465 e. The van der Waals surface area contributed by atoms with E-state index in [2.05, 4.69) is 11.8 Å². The Kier molecular flexibility index (Phi) is 4.66. The van der Waals surface area contributed by atoms with Gasteiger partial charge in [-0.05, 0) is 51.6 Å². The molecule has 3 heteroatoms. The van der Waals surface area contributed by atoms with E-state index in [1.54, 1.807) is 0 Å². The Bertz CT molecular complexity index is 286. The van der Waals surface area contributed by atoms with Crippen molar-refractivity contribution in [3.8, 4) is 0 Å². The maximum atomic E-state index is 12.6. The predicted molar refractivity (Wildman–Crippen MR) is 72.4 cm³/mol. The van der Waals surface area contributed by atoms with Crippen molar-refractivity contribution in [3.05, 3.63) is 0 Å². The van der Waals surface area contributed by atoms with Gasteiger partial charge in [-0.3, -0.25) is 9.69 Å². The average Bonchev–Trinajstić information content (AvgIpc) is 2.41. The minimum absolute atomic E-state index is 0.0408. The first-order chi connectivity index (χ1) is 8.71. The first kappa shape index (κ1) is 13.9. The Labute approximate surface area is 111 Å². The zero-order chi connectivity index (χ0) is 13.0. The molecule has 1 heterocycles. The highest BCUT2D eigenvalue weighted by atomic mass is 16.5. The highest BCUT2D eigenvalue weighted by molar-refractivity contribution is 5.81. The third kappa shape index (κ3) is 2.42. The van der Waals surface area contributed by atoms with Gasteiger partial charge in [0, 0.05) is 0 Å². The van der Waals surface area contributed by atoms with E-state index in [0.717, 1.165) is 25.9 Å². The van der Waals surface area contributed by atoms with Crippen LogP contribution in [0.1, 0.15) is 58.8 Å². The number of likely N-dealkylation sites (tertiary alicyclic amines) is 1. The molecule has 0 aromatic carbocycles. The van der Waals surface area contributed by atoms with Gasteiger partial charge in [-0.2, -0.15) is 0 Å². The number of nitrogens with zero attached hydrogens (tertiary/aromatic N) is 1. The van der Waals surface area contributed by atoms with Crippen LogP contribution in [0.5, 0.6) is 0 Å². The summed E-state index contributed by atoms with van der Waals surface area (Å²) in [6.07, 6.45) is 8.35. The van der Waals surface area contributed by atoms with Gasteiger partial charge in [0.15, 0.2) is 0 Å². The summed E-state index contributed by atoms with van der Waals surface area (Å²) in [5, 5.41) is 0. The summed E-state index contributed by atoms with van der Waals surface area (Å²) in [6.45, 7) is 6.80. The van der Waals surface area contributed by atoms with Crippen molar-refractivity contribution in [1.82, 2.24) is 4.90 Å². The van der Waals surface area contributed by atoms with E-state index >= 15 is 0 Å². The van der Waals surface area contributed by atoms with Crippen LogP contribution in [0.3, 0.4) is 0 Å². The number of rotatable bonds is 3. The van der Waals surface area contributed by atoms with Crippen LogP contribution in [0, 0.1) is 5.92 Å². The lowest BCUT2D eigenvalue weighted by molar-refractivity contribution is -0.166. The molecule has 1 aliphatic heterocycles. The monoisotopic (exact) mass is 253 g/mol. The summed E-state index contributed by atoms with van der Waals surface area (Å²) in [6, 6.07) is 0. The largest absolute Gasteiger partial charge is 0.465 e. The van der Waals surface area contributed by atoms with E-state index in [4.69, 9.17) is 4.74 Å². The number of piperidine rings is 1. The fourth-order valence-electron chi connectivity index (χ4n) is 3.78. The molecular weight excluding hydrogens is 226 g/mol. The first-order valence-corrected chi connectivity index (χ1v) is 7.64. The van der Waals surface area contributed by atoms with Crippen LogP contribution in [0.2, 0.25) is 0 Å². The molecule has 0 amide bonds. The zero-order valence-electron chi connectivity index (χ0n) is 11.9. The van der Waals surface area contributed by atoms with Crippen LogP contribution < -0.4 is 0 Å². The van der Waals surface area contributed by atoms with Crippen LogP contribution in [0.25, 0.3) is 0 Å². The van der Waals surface area contributed by atoms with E-state index in [1.807, 2.05) is 6.92 Å². The van der Waals surface area contributed by atoms with Crippen molar-refractivity contribution < 1.29 is 9.53 Å². The SMILES string of the molecule is CCOC(=O)C1(N2CCCCC2)CCCCC1C. The van der Waals surface area contributed by atoms with Gasteiger partial charge in [0.25, 0.3) is 0 Å². The van der Waals surface area contributed by atoms with Crippen LogP contribution in [0.15, 0.2) is 0 Å². The quantitative estimate of drug-likeness (QED) is 0.724. The molecule has 18 heavy (non-hydrogen) atoms. The molecule has 0 aromatic heterocycles. The molecule has 2 unspecified atom stereocenters. The maximum absolute atomic E-state index is 12.6. The van der Waals surface area contributed by atoms with Gasteiger partial charge in [0.1, 0.15) is 5.54 Å². The summed E-state index contributed by atoms with van der Waals surface area (Å²) in [7, 11) is 0. The molecule has 104 valence electrons. The average molecular weight is 253 g/mol. The summed E-state index contributed by atoms with van der Waals surface area (Å²) in [4.78, 5) is 15.0. The maximum Gasteiger partial charge on any atom is 0.326 e. The van der Waals surface area contributed by atoms with Gasteiger partial charge in [-0.15, -0.1) is 0 Å². The summed E-state index contributed by atoms with van der Waals surface area (Å²) in [5.74, 6) is 0.475. The molecule has 0 spiro atoms. The highest BCUT2D eigenvalue weighted by Gasteiger charge is 2.50. The lowest BCUT2D eigenvalue weighted by Gasteiger charge is -2.49. The molecule has 2 fully saturated rings. The number of esters is 1. The highest BCUT2D eigenvalue weighted by Crippen LogP contribution is 2.40. The lowest BCUT2D eigenvalue weighted by Crippen LogP contribution is -2.61. The molecule has 2 rings (SSSR count). The molecular formula is C15H27NO2. The second-order valence-corrected chi connectivity index (χ2v) is 5.84. The number of carbonyl (C=O) groups excluding carboxylic acids is 1. The van der Waals surface area contributed by atoms with Gasteiger partial charge < -0.3 is 4.74 Å². The summed E-state index contributed by atoms with van der Waals surface area (Å²) < 4.78 is 5.43. The molecule has 2 atom stereocenters. The second kappa shape index (κ2) is 6.05. The third-order valence-corrected chi connectivity index (χ3v) is 4.81. The molecule has 1 saturated carbocycles.